The standard InChI is InChI=1S/C18H26ClN3O/c1-4-22(5-2)12-6-7-13(3)21-16-10-11-20-17-14(16)8-9-15(19)18(17)23/h8-11,13,23H,4-7,12H2,1-3H3,(H,20,21). The molecule has 0 aliphatic carbocycles. The maximum atomic E-state index is 10.0. The molecule has 126 valence electrons. The molecule has 0 amide bonds. The van der Waals surface area contributed by atoms with E-state index in [4.69, 9.17) is 11.6 Å². The summed E-state index contributed by atoms with van der Waals surface area (Å²) in [5, 5.41) is 14.8. The molecule has 1 unspecified atom stereocenters. The fourth-order valence-electron chi connectivity index (χ4n) is 2.80. The lowest BCUT2D eigenvalue weighted by Crippen LogP contribution is -2.25. The molecule has 5 heteroatoms. The van der Waals surface area contributed by atoms with E-state index in [0.717, 1.165) is 43.5 Å². The van der Waals surface area contributed by atoms with Crippen LogP contribution in [0.1, 0.15) is 33.6 Å². The fourth-order valence-corrected chi connectivity index (χ4v) is 2.96. The molecule has 2 aromatic rings. The zero-order valence-corrected chi connectivity index (χ0v) is 14.9. The zero-order valence-electron chi connectivity index (χ0n) is 14.1. The number of pyridine rings is 1. The van der Waals surface area contributed by atoms with Crippen LogP contribution in [0.15, 0.2) is 24.4 Å². The lowest BCUT2D eigenvalue weighted by molar-refractivity contribution is 0.295. The van der Waals surface area contributed by atoms with Crippen LogP contribution in [0.25, 0.3) is 10.9 Å². The molecule has 0 aliphatic rings. The number of hydrogen-bond acceptors (Lipinski definition) is 4. The van der Waals surface area contributed by atoms with Gasteiger partial charge in [0.2, 0.25) is 0 Å². The summed E-state index contributed by atoms with van der Waals surface area (Å²) in [5.41, 5.74) is 1.52. The molecule has 1 heterocycles. The molecule has 0 aliphatic heterocycles. The van der Waals surface area contributed by atoms with E-state index in [1.165, 1.54) is 0 Å². The highest BCUT2D eigenvalue weighted by Gasteiger charge is 2.11. The monoisotopic (exact) mass is 335 g/mol. The van der Waals surface area contributed by atoms with E-state index in [-0.39, 0.29) is 5.75 Å². The van der Waals surface area contributed by atoms with Gasteiger partial charge in [0.05, 0.1) is 5.02 Å². The molecule has 4 nitrogen and oxygen atoms in total. The second-order valence-electron chi connectivity index (χ2n) is 5.87. The van der Waals surface area contributed by atoms with Crippen molar-refractivity contribution in [2.24, 2.45) is 0 Å². The highest BCUT2D eigenvalue weighted by atomic mass is 35.5. The van der Waals surface area contributed by atoms with Gasteiger partial charge in [-0.15, -0.1) is 0 Å². The highest BCUT2D eigenvalue weighted by molar-refractivity contribution is 6.33. The first-order valence-corrected chi connectivity index (χ1v) is 8.69. The number of rotatable bonds is 8. The van der Waals surface area contributed by atoms with Crippen LogP contribution in [0.3, 0.4) is 0 Å². The van der Waals surface area contributed by atoms with Crippen molar-refractivity contribution in [2.45, 2.75) is 39.7 Å². The molecular weight excluding hydrogens is 310 g/mol. The number of aromatic hydroxyl groups is 1. The number of aromatic nitrogens is 1. The summed E-state index contributed by atoms with van der Waals surface area (Å²) < 4.78 is 0. The zero-order chi connectivity index (χ0) is 16.8. The first kappa shape index (κ1) is 17.8. The third kappa shape index (κ3) is 4.49. The van der Waals surface area contributed by atoms with Crippen LogP contribution in [0.5, 0.6) is 5.75 Å². The van der Waals surface area contributed by atoms with E-state index in [9.17, 15) is 5.11 Å². The van der Waals surface area contributed by atoms with Gasteiger partial charge in [-0.3, -0.25) is 4.98 Å². The normalized spacial score (nSPS) is 12.7. The minimum atomic E-state index is 0.0435. The second-order valence-corrected chi connectivity index (χ2v) is 6.27. The van der Waals surface area contributed by atoms with Crippen LogP contribution in [-0.4, -0.2) is 40.7 Å². The lowest BCUT2D eigenvalue weighted by Gasteiger charge is -2.21. The predicted molar refractivity (Wildman–Crippen MR) is 98.5 cm³/mol. The number of nitrogens with zero attached hydrogens (tertiary/aromatic N) is 2. The van der Waals surface area contributed by atoms with Gasteiger partial charge < -0.3 is 15.3 Å². The van der Waals surface area contributed by atoms with Crippen LogP contribution in [0.2, 0.25) is 5.02 Å². The minimum absolute atomic E-state index is 0.0435. The lowest BCUT2D eigenvalue weighted by atomic mass is 10.1. The van der Waals surface area contributed by atoms with Crippen molar-refractivity contribution in [3.63, 3.8) is 0 Å². The number of halogens is 1. The van der Waals surface area contributed by atoms with Crippen LogP contribution in [-0.2, 0) is 0 Å². The van der Waals surface area contributed by atoms with Crippen LogP contribution >= 0.6 is 11.6 Å². The Labute approximate surface area is 143 Å². The summed E-state index contributed by atoms with van der Waals surface area (Å²) in [6, 6.07) is 5.90. The first-order valence-electron chi connectivity index (χ1n) is 8.31. The van der Waals surface area contributed by atoms with E-state index in [2.05, 4.69) is 36.0 Å². The molecule has 0 fully saturated rings. The molecule has 1 aromatic heterocycles. The Kier molecular flexibility index (Phi) is 6.48. The Hall–Kier alpha value is -1.52. The van der Waals surface area contributed by atoms with E-state index < -0.39 is 0 Å². The minimum Gasteiger partial charge on any atom is -0.504 e. The van der Waals surface area contributed by atoms with Crippen molar-refractivity contribution in [1.82, 2.24) is 9.88 Å². The van der Waals surface area contributed by atoms with Crippen molar-refractivity contribution in [3.05, 3.63) is 29.4 Å². The van der Waals surface area contributed by atoms with Crippen LogP contribution in [0.4, 0.5) is 5.69 Å². The highest BCUT2D eigenvalue weighted by Crippen LogP contribution is 2.34. The van der Waals surface area contributed by atoms with Crippen molar-refractivity contribution in [2.75, 3.05) is 25.0 Å². The van der Waals surface area contributed by atoms with Gasteiger partial charge in [0.25, 0.3) is 0 Å². The predicted octanol–water partition coefficient (Wildman–Crippen LogP) is 4.52. The maximum absolute atomic E-state index is 10.0. The van der Waals surface area contributed by atoms with E-state index in [1.807, 2.05) is 12.1 Å². The van der Waals surface area contributed by atoms with E-state index >= 15 is 0 Å². The molecular formula is C18H26ClN3O. The molecule has 0 bridgehead atoms. The molecule has 0 saturated carbocycles. The van der Waals surface area contributed by atoms with Gasteiger partial charge in [-0.2, -0.15) is 0 Å². The third-order valence-corrected chi connectivity index (χ3v) is 4.55. The molecule has 0 spiro atoms. The summed E-state index contributed by atoms with van der Waals surface area (Å²) in [7, 11) is 0. The summed E-state index contributed by atoms with van der Waals surface area (Å²) in [4.78, 5) is 6.67. The van der Waals surface area contributed by atoms with Crippen molar-refractivity contribution in [1.29, 1.82) is 0 Å². The van der Waals surface area contributed by atoms with Gasteiger partial charge in [0, 0.05) is 23.3 Å². The Morgan fingerprint density at radius 3 is 2.70 bits per heavy atom. The molecule has 1 aromatic carbocycles. The maximum Gasteiger partial charge on any atom is 0.160 e. The van der Waals surface area contributed by atoms with Gasteiger partial charge in [0.15, 0.2) is 5.75 Å². The number of phenols is 1. The summed E-state index contributed by atoms with van der Waals surface area (Å²) >= 11 is 5.96. The topological polar surface area (TPSA) is 48.4 Å². The van der Waals surface area contributed by atoms with Gasteiger partial charge in [-0.25, -0.2) is 0 Å². The smallest absolute Gasteiger partial charge is 0.160 e. The molecule has 2 N–H and O–H groups in total. The number of nitrogens with one attached hydrogen (secondary N) is 1. The average Bonchev–Trinajstić information content (AvgIpc) is 2.55. The van der Waals surface area contributed by atoms with Gasteiger partial charge in [0.1, 0.15) is 5.52 Å². The van der Waals surface area contributed by atoms with E-state index in [0.29, 0.717) is 16.6 Å². The van der Waals surface area contributed by atoms with Crippen molar-refractivity contribution < 1.29 is 5.11 Å². The number of benzene rings is 1. The molecule has 0 saturated heterocycles. The Balaban J connectivity index is 2.03. The van der Waals surface area contributed by atoms with Crippen molar-refractivity contribution in [3.8, 4) is 5.75 Å². The largest absolute Gasteiger partial charge is 0.504 e. The van der Waals surface area contributed by atoms with Gasteiger partial charge >= 0.3 is 0 Å². The molecule has 2 rings (SSSR count). The number of phenolic OH excluding ortho intramolecular Hbond substituents is 1. The number of anilines is 1. The SMILES string of the molecule is CCN(CC)CCCC(C)Nc1ccnc2c(O)c(Cl)ccc12. The van der Waals surface area contributed by atoms with Crippen molar-refractivity contribution >= 4 is 28.2 Å². The average molecular weight is 336 g/mol. The number of hydrogen-bond donors (Lipinski definition) is 2. The number of fused-ring (bicyclic) bond motifs is 1. The third-order valence-electron chi connectivity index (χ3n) is 4.24. The first-order chi connectivity index (χ1) is 11.1. The molecule has 1 atom stereocenters. The van der Waals surface area contributed by atoms with Gasteiger partial charge in [-0.05, 0) is 57.6 Å². The second kappa shape index (κ2) is 8.37. The quantitative estimate of drug-likeness (QED) is 0.744. The van der Waals surface area contributed by atoms with Crippen LogP contribution < -0.4 is 5.32 Å². The summed E-state index contributed by atoms with van der Waals surface area (Å²) in [6.07, 6.45) is 3.96. The van der Waals surface area contributed by atoms with Gasteiger partial charge in [-0.1, -0.05) is 25.4 Å². The Bertz CT molecular complexity index is 643. The summed E-state index contributed by atoms with van der Waals surface area (Å²) in [6.45, 7) is 9.93. The molecule has 23 heavy (non-hydrogen) atoms. The fraction of sp³-hybridized carbons (Fsp3) is 0.500. The van der Waals surface area contributed by atoms with Crippen LogP contribution in [0, 0.1) is 0 Å². The Morgan fingerprint density at radius 2 is 2.00 bits per heavy atom. The Morgan fingerprint density at radius 1 is 1.26 bits per heavy atom. The molecule has 0 radical (unpaired) electrons. The summed E-state index contributed by atoms with van der Waals surface area (Å²) in [5.74, 6) is 0.0435. The van der Waals surface area contributed by atoms with E-state index in [1.54, 1.807) is 12.3 Å².